The second kappa shape index (κ2) is 6.77. The van der Waals surface area contributed by atoms with Crippen LogP contribution < -0.4 is 14.8 Å². The Morgan fingerprint density at radius 2 is 1.79 bits per heavy atom. The zero-order valence-electron chi connectivity index (χ0n) is 14.9. The fourth-order valence-corrected chi connectivity index (χ4v) is 3.87. The molecule has 0 aromatic heterocycles. The van der Waals surface area contributed by atoms with Gasteiger partial charge in [0.2, 0.25) is 6.79 Å². The molecular weight excluding hydrogens is 376 g/mol. The van der Waals surface area contributed by atoms with E-state index in [1.54, 1.807) is 4.90 Å². The minimum absolute atomic E-state index is 0.0445. The van der Waals surface area contributed by atoms with Crippen LogP contribution in [0.15, 0.2) is 66.7 Å². The van der Waals surface area contributed by atoms with Crippen LogP contribution in [-0.4, -0.2) is 17.6 Å². The predicted molar refractivity (Wildman–Crippen MR) is 107 cm³/mol. The Morgan fingerprint density at radius 1 is 1.00 bits per heavy atom. The summed E-state index contributed by atoms with van der Waals surface area (Å²) in [4.78, 5) is 15.1. The molecule has 3 aromatic carbocycles. The minimum Gasteiger partial charge on any atom is -0.454 e. The third kappa shape index (κ3) is 2.84. The molecule has 0 saturated carbocycles. The highest BCUT2D eigenvalue weighted by Gasteiger charge is 2.34. The van der Waals surface area contributed by atoms with Gasteiger partial charge in [0.15, 0.2) is 11.5 Å². The Labute approximate surface area is 167 Å². The molecule has 2 aliphatic heterocycles. The summed E-state index contributed by atoms with van der Waals surface area (Å²) < 4.78 is 10.9. The second-order valence-electron chi connectivity index (χ2n) is 6.73. The van der Waals surface area contributed by atoms with E-state index in [2.05, 4.69) is 5.32 Å². The van der Waals surface area contributed by atoms with Gasteiger partial charge in [0.25, 0.3) is 5.91 Å². The standard InChI is InChI=1S/C22H17ClN2O3/c23-17-7-3-1-5-15(17)21-24-18-8-4-2-6-16(18)22(26)25(21)12-14-9-10-19-20(11-14)28-13-27-19/h1-11,21,24H,12-13H2/t21-/m1/s1. The molecule has 0 saturated heterocycles. The van der Waals surface area contributed by atoms with E-state index in [0.717, 1.165) is 22.6 Å². The quantitative estimate of drug-likeness (QED) is 0.693. The van der Waals surface area contributed by atoms with Crippen LogP contribution in [0.25, 0.3) is 0 Å². The Balaban J connectivity index is 1.56. The van der Waals surface area contributed by atoms with Crippen molar-refractivity contribution in [2.24, 2.45) is 0 Å². The summed E-state index contributed by atoms with van der Waals surface area (Å²) in [5, 5.41) is 4.09. The van der Waals surface area contributed by atoms with Crippen molar-refractivity contribution in [3.63, 3.8) is 0 Å². The van der Waals surface area contributed by atoms with Crippen molar-refractivity contribution >= 4 is 23.2 Å². The van der Waals surface area contributed by atoms with Crippen molar-refractivity contribution in [2.45, 2.75) is 12.7 Å². The maximum Gasteiger partial charge on any atom is 0.258 e. The molecule has 140 valence electrons. The van der Waals surface area contributed by atoms with Gasteiger partial charge in [0, 0.05) is 22.8 Å². The third-order valence-electron chi connectivity index (χ3n) is 5.01. The average molecular weight is 393 g/mol. The fraction of sp³-hybridized carbons (Fsp3) is 0.136. The van der Waals surface area contributed by atoms with Crippen LogP contribution >= 0.6 is 11.6 Å². The summed E-state index contributed by atoms with van der Waals surface area (Å²) in [5.74, 6) is 1.38. The van der Waals surface area contributed by atoms with E-state index < -0.39 is 0 Å². The Morgan fingerprint density at radius 3 is 2.68 bits per heavy atom. The first-order valence-electron chi connectivity index (χ1n) is 9.00. The molecular formula is C22H17ClN2O3. The number of carbonyl (C=O) groups is 1. The molecule has 1 N–H and O–H groups in total. The summed E-state index contributed by atoms with van der Waals surface area (Å²) in [7, 11) is 0. The van der Waals surface area contributed by atoms with Crippen molar-refractivity contribution < 1.29 is 14.3 Å². The van der Waals surface area contributed by atoms with E-state index in [9.17, 15) is 4.79 Å². The number of hydrogen-bond donors (Lipinski definition) is 1. The molecule has 0 fully saturated rings. The van der Waals surface area contributed by atoms with Gasteiger partial charge in [-0.1, -0.05) is 48.0 Å². The van der Waals surface area contributed by atoms with Crippen LogP contribution in [0.1, 0.15) is 27.7 Å². The SMILES string of the molecule is O=C1c2ccccc2N[C@@H](c2ccccc2Cl)N1Cc1ccc2c(c1)OCO2. The van der Waals surface area contributed by atoms with Gasteiger partial charge in [0.05, 0.1) is 5.56 Å². The van der Waals surface area contributed by atoms with Crippen LogP contribution in [0.4, 0.5) is 5.69 Å². The molecule has 3 aromatic rings. The molecule has 0 spiro atoms. The van der Waals surface area contributed by atoms with E-state index >= 15 is 0 Å². The van der Waals surface area contributed by atoms with E-state index in [1.807, 2.05) is 66.7 Å². The van der Waals surface area contributed by atoms with Crippen LogP contribution in [-0.2, 0) is 6.54 Å². The van der Waals surface area contributed by atoms with E-state index in [-0.39, 0.29) is 18.9 Å². The van der Waals surface area contributed by atoms with Gasteiger partial charge in [-0.25, -0.2) is 0 Å². The fourth-order valence-electron chi connectivity index (χ4n) is 3.63. The third-order valence-corrected chi connectivity index (χ3v) is 5.36. The number of nitrogens with one attached hydrogen (secondary N) is 1. The van der Waals surface area contributed by atoms with Gasteiger partial charge in [-0.15, -0.1) is 0 Å². The van der Waals surface area contributed by atoms with Crippen LogP contribution in [0.3, 0.4) is 0 Å². The van der Waals surface area contributed by atoms with Crippen molar-refractivity contribution in [2.75, 3.05) is 12.1 Å². The number of para-hydroxylation sites is 1. The van der Waals surface area contributed by atoms with E-state index in [1.165, 1.54) is 0 Å². The maximum atomic E-state index is 13.3. The molecule has 0 unspecified atom stereocenters. The molecule has 5 nitrogen and oxygen atoms in total. The van der Waals surface area contributed by atoms with E-state index in [4.69, 9.17) is 21.1 Å². The number of rotatable bonds is 3. The lowest BCUT2D eigenvalue weighted by molar-refractivity contribution is 0.0666. The summed E-state index contributed by atoms with van der Waals surface area (Å²) >= 11 is 6.46. The number of fused-ring (bicyclic) bond motifs is 2. The van der Waals surface area contributed by atoms with Crippen molar-refractivity contribution in [1.29, 1.82) is 0 Å². The zero-order chi connectivity index (χ0) is 19.1. The second-order valence-corrected chi connectivity index (χ2v) is 7.14. The molecule has 0 radical (unpaired) electrons. The van der Waals surface area contributed by atoms with Crippen molar-refractivity contribution in [3.05, 3.63) is 88.4 Å². The minimum atomic E-state index is -0.374. The molecule has 28 heavy (non-hydrogen) atoms. The van der Waals surface area contributed by atoms with Crippen LogP contribution in [0.2, 0.25) is 5.02 Å². The van der Waals surface area contributed by atoms with Gasteiger partial charge in [-0.2, -0.15) is 0 Å². The lowest BCUT2D eigenvalue weighted by atomic mass is 10.0. The van der Waals surface area contributed by atoms with E-state index in [0.29, 0.717) is 22.9 Å². The monoisotopic (exact) mass is 392 g/mol. The number of carbonyl (C=O) groups excluding carboxylic acids is 1. The predicted octanol–water partition coefficient (Wildman–Crippen LogP) is 4.84. The number of amides is 1. The summed E-state index contributed by atoms with van der Waals surface area (Å²) in [6, 6.07) is 20.8. The van der Waals surface area contributed by atoms with Crippen LogP contribution in [0.5, 0.6) is 11.5 Å². The van der Waals surface area contributed by atoms with Crippen molar-refractivity contribution in [3.8, 4) is 11.5 Å². The number of anilines is 1. The Kier molecular flexibility index (Phi) is 4.10. The molecule has 1 amide bonds. The first-order valence-corrected chi connectivity index (χ1v) is 9.38. The lowest BCUT2D eigenvalue weighted by Gasteiger charge is -2.38. The number of nitrogens with zero attached hydrogens (tertiary/aromatic N) is 1. The maximum absolute atomic E-state index is 13.3. The van der Waals surface area contributed by atoms with Gasteiger partial charge in [0.1, 0.15) is 6.17 Å². The lowest BCUT2D eigenvalue weighted by Crippen LogP contribution is -2.42. The highest BCUT2D eigenvalue weighted by atomic mass is 35.5. The van der Waals surface area contributed by atoms with Gasteiger partial charge >= 0.3 is 0 Å². The number of ether oxygens (including phenoxy) is 2. The van der Waals surface area contributed by atoms with Gasteiger partial charge in [-0.05, 0) is 35.9 Å². The largest absolute Gasteiger partial charge is 0.454 e. The van der Waals surface area contributed by atoms with Crippen LogP contribution in [0, 0.1) is 0 Å². The Bertz CT molecular complexity index is 1070. The summed E-state index contributed by atoms with van der Waals surface area (Å²) in [6.45, 7) is 0.630. The Hall–Kier alpha value is -3.18. The number of halogens is 1. The molecule has 2 heterocycles. The van der Waals surface area contributed by atoms with Gasteiger partial charge in [-0.3, -0.25) is 4.79 Å². The topological polar surface area (TPSA) is 50.8 Å². The first kappa shape index (κ1) is 17.0. The molecule has 1 atom stereocenters. The number of hydrogen-bond acceptors (Lipinski definition) is 4. The normalized spacial score (nSPS) is 17.2. The molecule has 0 aliphatic carbocycles. The smallest absolute Gasteiger partial charge is 0.258 e. The van der Waals surface area contributed by atoms with Crippen molar-refractivity contribution in [1.82, 2.24) is 4.90 Å². The number of benzene rings is 3. The zero-order valence-corrected chi connectivity index (χ0v) is 15.6. The highest BCUT2D eigenvalue weighted by molar-refractivity contribution is 6.31. The molecule has 0 bridgehead atoms. The average Bonchev–Trinajstić information content (AvgIpc) is 3.18. The molecule has 6 heteroatoms. The molecule has 2 aliphatic rings. The highest BCUT2D eigenvalue weighted by Crippen LogP contribution is 2.38. The summed E-state index contributed by atoms with van der Waals surface area (Å²) in [5.41, 5.74) is 3.26. The summed E-state index contributed by atoms with van der Waals surface area (Å²) in [6.07, 6.45) is -0.374. The molecule has 5 rings (SSSR count). The van der Waals surface area contributed by atoms with Gasteiger partial charge < -0.3 is 19.7 Å². The first-order chi connectivity index (χ1) is 13.7.